The van der Waals surface area contributed by atoms with Crippen molar-refractivity contribution in [3.05, 3.63) is 88.4 Å². The van der Waals surface area contributed by atoms with Gasteiger partial charge < -0.3 is 0 Å². The van der Waals surface area contributed by atoms with Crippen LogP contribution >= 0.6 is 11.3 Å². The number of thiazole rings is 1. The van der Waals surface area contributed by atoms with E-state index in [1.165, 1.54) is 16.1 Å². The van der Waals surface area contributed by atoms with E-state index in [9.17, 15) is 0 Å². The highest BCUT2D eigenvalue weighted by Crippen LogP contribution is 2.25. The SMILES string of the molecule is c1ccc(CC(Cc2nccs2)c2ccccc2)cc1. The third kappa shape index (κ3) is 3.34. The summed E-state index contributed by atoms with van der Waals surface area (Å²) in [5.74, 6) is 0.491. The molecule has 0 aliphatic carbocycles. The zero-order valence-electron chi connectivity index (χ0n) is 11.3. The van der Waals surface area contributed by atoms with E-state index >= 15 is 0 Å². The van der Waals surface area contributed by atoms with Gasteiger partial charge >= 0.3 is 0 Å². The molecule has 0 radical (unpaired) electrons. The Bertz CT molecular complexity index is 617. The van der Waals surface area contributed by atoms with E-state index in [0.717, 1.165) is 12.8 Å². The Morgan fingerprint density at radius 1 is 0.850 bits per heavy atom. The molecule has 0 saturated carbocycles. The number of rotatable bonds is 5. The predicted molar refractivity (Wildman–Crippen MR) is 85.1 cm³/mol. The fourth-order valence-corrected chi connectivity index (χ4v) is 3.19. The Morgan fingerprint density at radius 2 is 1.55 bits per heavy atom. The van der Waals surface area contributed by atoms with Crippen molar-refractivity contribution < 1.29 is 0 Å². The van der Waals surface area contributed by atoms with Crippen LogP contribution in [-0.4, -0.2) is 4.98 Å². The van der Waals surface area contributed by atoms with E-state index in [0.29, 0.717) is 5.92 Å². The molecule has 0 aliphatic heterocycles. The Hall–Kier alpha value is -1.93. The van der Waals surface area contributed by atoms with Gasteiger partial charge in [0.25, 0.3) is 0 Å². The quantitative estimate of drug-likeness (QED) is 0.659. The fraction of sp³-hybridized carbons (Fsp3) is 0.167. The normalized spacial score (nSPS) is 12.2. The van der Waals surface area contributed by atoms with Crippen LogP contribution in [0.2, 0.25) is 0 Å². The van der Waals surface area contributed by atoms with Crippen molar-refractivity contribution in [3.8, 4) is 0 Å². The molecule has 0 N–H and O–H groups in total. The van der Waals surface area contributed by atoms with E-state index in [4.69, 9.17) is 0 Å². The topological polar surface area (TPSA) is 12.9 Å². The molecule has 1 atom stereocenters. The van der Waals surface area contributed by atoms with Gasteiger partial charge in [0.15, 0.2) is 0 Å². The first-order valence-electron chi connectivity index (χ1n) is 6.89. The highest BCUT2D eigenvalue weighted by atomic mass is 32.1. The lowest BCUT2D eigenvalue weighted by Gasteiger charge is -2.16. The minimum atomic E-state index is 0.491. The molecule has 1 nitrogen and oxygen atoms in total. The van der Waals surface area contributed by atoms with Crippen LogP contribution in [0.4, 0.5) is 0 Å². The zero-order chi connectivity index (χ0) is 13.6. The van der Waals surface area contributed by atoms with E-state index in [1.54, 1.807) is 11.3 Å². The summed E-state index contributed by atoms with van der Waals surface area (Å²) in [6.07, 6.45) is 3.96. The Morgan fingerprint density at radius 3 is 2.20 bits per heavy atom. The maximum atomic E-state index is 4.44. The second kappa shape index (κ2) is 6.49. The first-order valence-corrected chi connectivity index (χ1v) is 7.77. The van der Waals surface area contributed by atoms with Gasteiger partial charge in [-0.15, -0.1) is 11.3 Å². The molecular formula is C18H17NS. The van der Waals surface area contributed by atoms with Gasteiger partial charge in [0.2, 0.25) is 0 Å². The number of hydrogen-bond acceptors (Lipinski definition) is 2. The van der Waals surface area contributed by atoms with E-state index < -0.39 is 0 Å². The van der Waals surface area contributed by atoms with Crippen molar-refractivity contribution >= 4 is 11.3 Å². The van der Waals surface area contributed by atoms with Crippen molar-refractivity contribution in [2.45, 2.75) is 18.8 Å². The van der Waals surface area contributed by atoms with Crippen LogP contribution in [0.1, 0.15) is 22.1 Å². The Kier molecular flexibility index (Phi) is 4.24. The molecule has 0 saturated heterocycles. The molecule has 1 heterocycles. The van der Waals surface area contributed by atoms with Crippen molar-refractivity contribution in [3.63, 3.8) is 0 Å². The molecule has 3 aromatic rings. The summed E-state index contributed by atoms with van der Waals surface area (Å²) >= 11 is 1.75. The Balaban J connectivity index is 1.83. The predicted octanol–water partition coefficient (Wildman–Crippen LogP) is 4.71. The van der Waals surface area contributed by atoms with E-state index in [1.807, 2.05) is 6.20 Å². The standard InChI is InChI=1S/C18H17NS/c1-3-7-15(8-4-1)13-17(14-18-19-11-12-20-18)16-9-5-2-6-10-16/h1-12,17H,13-14H2. The molecule has 1 unspecified atom stereocenters. The number of nitrogens with zero attached hydrogens (tertiary/aromatic N) is 1. The summed E-state index contributed by atoms with van der Waals surface area (Å²) in [5, 5.41) is 3.27. The lowest BCUT2D eigenvalue weighted by molar-refractivity contribution is 0.677. The first kappa shape index (κ1) is 13.1. The van der Waals surface area contributed by atoms with Crippen LogP contribution in [0, 0.1) is 0 Å². The van der Waals surface area contributed by atoms with Gasteiger partial charge in [-0.25, -0.2) is 4.98 Å². The minimum Gasteiger partial charge on any atom is -0.250 e. The third-order valence-electron chi connectivity index (χ3n) is 3.50. The lowest BCUT2D eigenvalue weighted by Crippen LogP contribution is -2.06. The molecule has 1 aromatic heterocycles. The van der Waals surface area contributed by atoms with Crippen molar-refractivity contribution in [1.29, 1.82) is 0 Å². The maximum absolute atomic E-state index is 4.44. The van der Waals surface area contributed by atoms with Crippen LogP contribution in [0.25, 0.3) is 0 Å². The zero-order valence-corrected chi connectivity index (χ0v) is 12.1. The van der Waals surface area contributed by atoms with Crippen LogP contribution in [0.5, 0.6) is 0 Å². The average Bonchev–Trinajstić information content (AvgIpc) is 3.02. The summed E-state index contributed by atoms with van der Waals surface area (Å²) in [7, 11) is 0. The molecule has 2 heteroatoms. The molecule has 0 fully saturated rings. The molecule has 0 spiro atoms. The smallest absolute Gasteiger partial charge is 0.0931 e. The average molecular weight is 279 g/mol. The molecule has 0 bridgehead atoms. The van der Waals surface area contributed by atoms with E-state index in [-0.39, 0.29) is 0 Å². The summed E-state index contributed by atoms with van der Waals surface area (Å²) in [6.45, 7) is 0. The highest BCUT2D eigenvalue weighted by Gasteiger charge is 2.14. The van der Waals surface area contributed by atoms with Gasteiger partial charge in [0, 0.05) is 18.0 Å². The van der Waals surface area contributed by atoms with Gasteiger partial charge in [-0.1, -0.05) is 60.7 Å². The summed E-state index contributed by atoms with van der Waals surface area (Å²) < 4.78 is 0. The van der Waals surface area contributed by atoms with Gasteiger partial charge in [0.1, 0.15) is 0 Å². The van der Waals surface area contributed by atoms with Gasteiger partial charge in [-0.05, 0) is 23.5 Å². The number of benzene rings is 2. The molecule has 2 aromatic carbocycles. The maximum Gasteiger partial charge on any atom is 0.0931 e. The monoisotopic (exact) mass is 279 g/mol. The molecule has 100 valence electrons. The third-order valence-corrected chi connectivity index (χ3v) is 4.30. The lowest BCUT2D eigenvalue weighted by atomic mass is 9.89. The van der Waals surface area contributed by atoms with Crippen molar-refractivity contribution in [2.24, 2.45) is 0 Å². The second-order valence-electron chi connectivity index (χ2n) is 4.93. The van der Waals surface area contributed by atoms with Crippen LogP contribution in [-0.2, 0) is 12.8 Å². The van der Waals surface area contributed by atoms with Crippen molar-refractivity contribution in [2.75, 3.05) is 0 Å². The molecule has 0 amide bonds. The van der Waals surface area contributed by atoms with Gasteiger partial charge in [0.05, 0.1) is 5.01 Å². The molecule has 20 heavy (non-hydrogen) atoms. The van der Waals surface area contributed by atoms with Crippen LogP contribution in [0.15, 0.2) is 72.2 Å². The molecular weight excluding hydrogens is 262 g/mol. The number of hydrogen-bond donors (Lipinski definition) is 0. The fourth-order valence-electron chi connectivity index (χ4n) is 2.50. The summed E-state index contributed by atoms with van der Waals surface area (Å²) in [6, 6.07) is 21.5. The van der Waals surface area contributed by atoms with Gasteiger partial charge in [-0.3, -0.25) is 0 Å². The van der Waals surface area contributed by atoms with Gasteiger partial charge in [-0.2, -0.15) is 0 Å². The number of aromatic nitrogens is 1. The van der Waals surface area contributed by atoms with Crippen LogP contribution in [0.3, 0.4) is 0 Å². The van der Waals surface area contributed by atoms with Crippen molar-refractivity contribution in [1.82, 2.24) is 4.98 Å². The first-order chi connectivity index (χ1) is 9.92. The highest BCUT2D eigenvalue weighted by molar-refractivity contribution is 7.09. The Labute approximate surface area is 124 Å². The largest absolute Gasteiger partial charge is 0.250 e. The second-order valence-corrected chi connectivity index (χ2v) is 5.91. The summed E-state index contributed by atoms with van der Waals surface area (Å²) in [4.78, 5) is 4.44. The summed E-state index contributed by atoms with van der Waals surface area (Å²) in [5.41, 5.74) is 2.78. The molecule has 0 aliphatic rings. The molecule has 3 rings (SSSR count). The van der Waals surface area contributed by atoms with Crippen LogP contribution < -0.4 is 0 Å². The minimum absolute atomic E-state index is 0.491. The van der Waals surface area contributed by atoms with E-state index in [2.05, 4.69) is 71.0 Å².